The lowest BCUT2D eigenvalue weighted by molar-refractivity contribution is 0.343. The van der Waals surface area contributed by atoms with Crippen LogP contribution in [0.1, 0.15) is 56.1 Å². The summed E-state index contributed by atoms with van der Waals surface area (Å²) < 4.78 is 0. The second kappa shape index (κ2) is 6.61. The van der Waals surface area contributed by atoms with E-state index in [9.17, 15) is 0 Å². The van der Waals surface area contributed by atoms with Crippen LogP contribution in [0.5, 0.6) is 0 Å². The van der Waals surface area contributed by atoms with E-state index in [1.54, 1.807) is 0 Å². The largest absolute Gasteiger partial charge is 0.314 e. The van der Waals surface area contributed by atoms with Crippen molar-refractivity contribution >= 4 is 0 Å². The molecule has 1 aliphatic carbocycles. The molecule has 1 aliphatic rings. The molecule has 0 unspecified atom stereocenters. The van der Waals surface area contributed by atoms with Crippen molar-refractivity contribution in [3.05, 3.63) is 35.4 Å². The van der Waals surface area contributed by atoms with Gasteiger partial charge in [-0.15, -0.1) is 6.42 Å². The Morgan fingerprint density at radius 2 is 1.83 bits per heavy atom. The Labute approximate surface area is 111 Å². The molecule has 1 N–H and O–H groups in total. The lowest BCUT2D eigenvalue weighted by atomic mass is 9.81. The van der Waals surface area contributed by atoms with Crippen LogP contribution < -0.4 is 5.32 Å². The van der Waals surface area contributed by atoms with E-state index in [4.69, 9.17) is 6.42 Å². The first-order valence-corrected chi connectivity index (χ1v) is 7.13. The third-order valence-corrected chi connectivity index (χ3v) is 3.96. The first-order chi connectivity index (χ1) is 8.83. The molecule has 0 bridgehead atoms. The van der Waals surface area contributed by atoms with E-state index in [0.29, 0.717) is 0 Å². The molecule has 18 heavy (non-hydrogen) atoms. The normalized spacial score (nSPS) is 23.6. The SMILES string of the molecule is C#Cc1ccc(C2CCC(NCCC)CC2)cc1. The molecule has 0 aromatic heterocycles. The third-order valence-electron chi connectivity index (χ3n) is 3.96. The van der Waals surface area contributed by atoms with Gasteiger partial charge in [-0.1, -0.05) is 25.0 Å². The highest BCUT2D eigenvalue weighted by atomic mass is 14.9. The fraction of sp³-hybridized carbons (Fsp3) is 0.529. The molecule has 0 radical (unpaired) electrons. The number of hydrogen-bond acceptors (Lipinski definition) is 1. The van der Waals surface area contributed by atoms with Crippen molar-refractivity contribution in [3.8, 4) is 12.3 Å². The maximum absolute atomic E-state index is 5.38. The van der Waals surface area contributed by atoms with Crippen LogP contribution in [0.2, 0.25) is 0 Å². The van der Waals surface area contributed by atoms with Crippen molar-refractivity contribution in [1.82, 2.24) is 5.32 Å². The molecule has 1 saturated carbocycles. The van der Waals surface area contributed by atoms with Crippen LogP contribution in [-0.4, -0.2) is 12.6 Å². The molecule has 0 heterocycles. The number of terminal acetylenes is 1. The van der Waals surface area contributed by atoms with Gasteiger partial charge in [-0.3, -0.25) is 0 Å². The molecule has 1 fully saturated rings. The van der Waals surface area contributed by atoms with Crippen molar-refractivity contribution < 1.29 is 0 Å². The monoisotopic (exact) mass is 241 g/mol. The Morgan fingerprint density at radius 3 is 2.39 bits per heavy atom. The van der Waals surface area contributed by atoms with E-state index in [1.807, 2.05) is 0 Å². The smallest absolute Gasteiger partial charge is 0.0242 e. The minimum Gasteiger partial charge on any atom is -0.314 e. The van der Waals surface area contributed by atoms with Gasteiger partial charge in [-0.25, -0.2) is 0 Å². The van der Waals surface area contributed by atoms with Crippen molar-refractivity contribution in [3.63, 3.8) is 0 Å². The number of hydrogen-bond donors (Lipinski definition) is 1. The summed E-state index contributed by atoms with van der Waals surface area (Å²) in [7, 11) is 0. The molecular formula is C17H23N. The van der Waals surface area contributed by atoms with Gasteiger partial charge in [0.1, 0.15) is 0 Å². The first-order valence-electron chi connectivity index (χ1n) is 7.13. The molecule has 1 nitrogen and oxygen atoms in total. The van der Waals surface area contributed by atoms with Crippen molar-refractivity contribution in [2.75, 3.05) is 6.54 Å². The van der Waals surface area contributed by atoms with Crippen LogP contribution in [0.4, 0.5) is 0 Å². The van der Waals surface area contributed by atoms with Crippen LogP contribution in [0.3, 0.4) is 0 Å². The van der Waals surface area contributed by atoms with Crippen LogP contribution >= 0.6 is 0 Å². The summed E-state index contributed by atoms with van der Waals surface area (Å²) in [5.74, 6) is 3.41. The van der Waals surface area contributed by atoms with Crippen molar-refractivity contribution in [1.29, 1.82) is 0 Å². The molecule has 0 spiro atoms. The number of rotatable bonds is 4. The maximum Gasteiger partial charge on any atom is 0.0242 e. The van der Waals surface area contributed by atoms with E-state index in [2.05, 4.69) is 42.4 Å². The van der Waals surface area contributed by atoms with Gasteiger partial charge in [-0.05, 0) is 62.3 Å². The Kier molecular flexibility index (Phi) is 4.84. The Morgan fingerprint density at radius 1 is 1.17 bits per heavy atom. The Balaban J connectivity index is 1.87. The van der Waals surface area contributed by atoms with E-state index < -0.39 is 0 Å². The highest BCUT2D eigenvalue weighted by molar-refractivity contribution is 5.35. The van der Waals surface area contributed by atoms with E-state index in [0.717, 1.165) is 24.1 Å². The zero-order valence-corrected chi connectivity index (χ0v) is 11.3. The van der Waals surface area contributed by atoms with Gasteiger partial charge >= 0.3 is 0 Å². The van der Waals surface area contributed by atoms with Gasteiger partial charge in [0, 0.05) is 11.6 Å². The average molecular weight is 241 g/mol. The number of benzene rings is 1. The summed E-state index contributed by atoms with van der Waals surface area (Å²) in [4.78, 5) is 0. The van der Waals surface area contributed by atoms with Crippen molar-refractivity contribution in [2.24, 2.45) is 0 Å². The van der Waals surface area contributed by atoms with Crippen molar-refractivity contribution in [2.45, 2.75) is 51.0 Å². The third kappa shape index (κ3) is 3.37. The molecule has 1 aromatic rings. The molecule has 0 atom stereocenters. The molecule has 1 aromatic carbocycles. The summed E-state index contributed by atoms with van der Waals surface area (Å²) in [6.07, 6.45) is 11.8. The number of nitrogens with one attached hydrogen (secondary N) is 1. The second-order valence-corrected chi connectivity index (χ2v) is 5.27. The van der Waals surface area contributed by atoms with Gasteiger partial charge in [0.2, 0.25) is 0 Å². The van der Waals surface area contributed by atoms with Gasteiger partial charge in [-0.2, -0.15) is 0 Å². The van der Waals surface area contributed by atoms with Crippen LogP contribution in [0.15, 0.2) is 24.3 Å². The maximum atomic E-state index is 5.38. The summed E-state index contributed by atoms with van der Waals surface area (Å²) in [5, 5.41) is 3.63. The molecule has 2 rings (SSSR count). The van der Waals surface area contributed by atoms with Gasteiger partial charge < -0.3 is 5.32 Å². The summed E-state index contributed by atoms with van der Waals surface area (Å²) in [6.45, 7) is 3.39. The zero-order chi connectivity index (χ0) is 12.8. The Hall–Kier alpha value is -1.26. The fourth-order valence-electron chi connectivity index (χ4n) is 2.83. The fourth-order valence-corrected chi connectivity index (χ4v) is 2.83. The Bertz CT molecular complexity index is 391. The molecule has 1 heteroatoms. The lowest BCUT2D eigenvalue weighted by Crippen LogP contribution is -2.33. The lowest BCUT2D eigenvalue weighted by Gasteiger charge is -2.29. The second-order valence-electron chi connectivity index (χ2n) is 5.27. The minimum absolute atomic E-state index is 0.733. The highest BCUT2D eigenvalue weighted by Gasteiger charge is 2.21. The van der Waals surface area contributed by atoms with Crippen LogP contribution in [-0.2, 0) is 0 Å². The van der Waals surface area contributed by atoms with Gasteiger partial charge in [0.25, 0.3) is 0 Å². The standard InChI is InChI=1S/C17H23N/c1-3-13-18-17-11-9-16(10-12-17)15-7-5-14(4-2)6-8-15/h2,5-8,16-18H,3,9-13H2,1H3. The van der Waals surface area contributed by atoms with Crippen LogP contribution in [0.25, 0.3) is 0 Å². The van der Waals surface area contributed by atoms with Crippen LogP contribution in [0, 0.1) is 12.3 Å². The molecular weight excluding hydrogens is 218 g/mol. The van der Waals surface area contributed by atoms with Gasteiger partial charge in [0.05, 0.1) is 0 Å². The van der Waals surface area contributed by atoms with E-state index in [-0.39, 0.29) is 0 Å². The highest BCUT2D eigenvalue weighted by Crippen LogP contribution is 2.32. The predicted octanol–water partition coefficient (Wildman–Crippen LogP) is 3.69. The molecule has 96 valence electrons. The topological polar surface area (TPSA) is 12.0 Å². The summed E-state index contributed by atoms with van der Waals surface area (Å²) >= 11 is 0. The minimum atomic E-state index is 0.733. The zero-order valence-electron chi connectivity index (χ0n) is 11.3. The summed E-state index contributed by atoms with van der Waals surface area (Å²) in [5.41, 5.74) is 2.44. The molecule has 0 amide bonds. The van der Waals surface area contributed by atoms with E-state index >= 15 is 0 Å². The average Bonchev–Trinajstić information content (AvgIpc) is 2.46. The summed E-state index contributed by atoms with van der Waals surface area (Å²) in [6, 6.07) is 9.29. The quantitative estimate of drug-likeness (QED) is 0.793. The van der Waals surface area contributed by atoms with Gasteiger partial charge in [0.15, 0.2) is 0 Å². The van der Waals surface area contributed by atoms with E-state index in [1.165, 1.54) is 37.7 Å². The molecule has 0 saturated heterocycles. The first kappa shape index (κ1) is 13.2. The predicted molar refractivity (Wildman–Crippen MR) is 77.7 cm³/mol. The molecule has 0 aliphatic heterocycles.